The second-order valence-corrected chi connectivity index (χ2v) is 3.61. The summed E-state index contributed by atoms with van der Waals surface area (Å²) >= 11 is 7.26. The molecule has 0 saturated heterocycles. The molecule has 1 aromatic rings. The zero-order valence-corrected chi connectivity index (χ0v) is 8.17. The van der Waals surface area contributed by atoms with E-state index in [1.165, 1.54) is 0 Å². The monoisotopic (exact) mass is 187 g/mol. The van der Waals surface area contributed by atoms with Gasteiger partial charge in [-0.1, -0.05) is 5.57 Å². The average molecular weight is 188 g/mol. The fraction of sp³-hybridized carbons (Fsp3) is 0.375. The maximum Gasteiger partial charge on any atom is 0.116 e. The molecule has 0 aromatic carbocycles. The van der Waals surface area contributed by atoms with Crippen LogP contribution in [0.4, 0.5) is 0 Å². The molecule has 1 heterocycles. The SMILES string of the molecule is CC(=Cc1nc(C)cs1)CCl. The number of rotatable bonds is 2. The molecule has 0 N–H and O–H groups in total. The largest absolute Gasteiger partial charge is 0.242 e. The van der Waals surface area contributed by atoms with Crippen molar-refractivity contribution in [2.24, 2.45) is 0 Å². The predicted octanol–water partition coefficient (Wildman–Crippen LogP) is 3.09. The fourth-order valence-electron chi connectivity index (χ4n) is 0.688. The third-order valence-corrected chi connectivity index (χ3v) is 2.55. The Morgan fingerprint density at radius 3 is 3.00 bits per heavy atom. The Bertz CT molecular complexity index is 265. The fourth-order valence-corrected chi connectivity index (χ4v) is 1.57. The highest BCUT2D eigenvalue weighted by Gasteiger charge is 1.94. The van der Waals surface area contributed by atoms with Gasteiger partial charge in [0.25, 0.3) is 0 Å². The zero-order chi connectivity index (χ0) is 8.27. The number of alkyl halides is 1. The number of aryl methyl sites for hydroxylation is 1. The summed E-state index contributed by atoms with van der Waals surface area (Å²) in [7, 11) is 0. The van der Waals surface area contributed by atoms with E-state index in [0.29, 0.717) is 5.88 Å². The summed E-state index contributed by atoms with van der Waals surface area (Å²) in [5.41, 5.74) is 2.23. The Morgan fingerprint density at radius 2 is 2.55 bits per heavy atom. The zero-order valence-electron chi connectivity index (χ0n) is 6.60. The minimum absolute atomic E-state index is 0.582. The smallest absolute Gasteiger partial charge is 0.116 e. The van der Waals surface area contributed by atoms with E-state index in [2.05, 4.69) is 4.98 Å². The summed E-state index contributed by atoms with van der Waals surface area (Å²) in [6, 6.07) is 0. The molecule has 1 rings (SSSR count). The molecule has 0 saturated carbocycles. The van der Waals surface area contributed by atoms with E-state index in [-0.39, 0.29) is 0 Å². The lowest BCUT2D eigenvalue weighted by Crippen LogP contribution is -1.77. The normalized spacial score (nSPS) is 12.1. The lowest BCUT2D eigenvalue weighted by Gasteiger charge is -1.88. The number of allylic oxidation sites excluding steroid dienone is 1. The number of hydrogen-bond donors (Lipinski definition) is 0. The van der Waals surface area contributed by atoms with Crippen molar-refractivity contribution >= 4 is 29.0 Å². The van der Waals surface area contributed by atoms with Crippen LogP contribution in [0.1, 0.15) is 17.6 Å². The van der Waals surface area contributed by atoms with E-state index >= 15 is 0 Å². The first-order chi connectivity index (χ1) is 5.22. The van der Waals surface area contributed by atoms with Crippen LogP contribution < -0.4 is 0 Å². The lowest BCUT2D eigenvalue weighted by molar-refractivity contribution is 1.25. The maximum absolute atomic E-state index is 5.62. The van der Waals surface area contributed by atoms with Crippen LogP contribution in [0, 0.1) is 6.92 Å². The van der Waals surface area contributed by atoms with Gasteiger partial charge < -0.3 is 0 Å². The van der Waals surface area contributed by atoms with E-state index in [0.717, 1.165) is 16.3 Å². The summed E-state index contributed by atoms with van der Waals surface area (Å²) in [5.74, 6) is 0.582. The standard InChI is InChI=1S/C8H10ClNS/c1-6(4-9)3-8-10-7(2)5-11-8/h3,5H,4H2,1-2H3. The van der Waals surface area contributed by atoms with Crippen molar-refractivity contribution in [2.45, 2.75) is 13.8 Å². The molecule has 0 amide bonds. The van der Waals surface area contributed by atoms with Gasteiger partial charge in [0.2, 0.25) is 0 Å². The molecule has 0 fully saturated rings. The second kappa shape index (κ2) is 3.88. The van der Waals surface area contributed by atoms with Crippen molar-refractivity contribution in [2.75, 3.05) is 5.88 Å². The van der Waals surface area contributed by atoms with Crippen molar-refractivity contribution < 1.29 is 0 Å². The molecule has 1 aromatic heterocycles. The molecule has 0 unspecified atom stereocenters. The Hall–Kier alpha value is -0.340. The van der Waals surface area contributed by atoms with Gasteiger partial charge in [-0.25, -0.2) is 4.98 Å². The molecule has 0 aliphatic carbocycles. The third-order valence-electron chi connectivity index (χ3n) is 1.22. The Balaban J connectivity index is 2.78. The Morgan fingerprint density at radius 1 is 1.82 bits per heavy atom. The van der Waals surface area contributed by atoms with Crippen LogP contribution >= 0.6 is 22.9 Å². The molecule has 1 nitrogen and oxygen atoms in total. The van der Waals surface area contributed by atoms with Crippen LogP contribution in [-0.2, 0) is 0 Å². The predicted molar refractivity (Wildman–Crippen MR) is 51.2 cm³/mol. The first kappa shape index (κ1) is 8.75. The highest BCUT2D eigenvalue weighted by molar-refractivity contribution is 7.10. The van der Waals surface area contributed by atoms with Crippen molar-refractivity contribution in [3.63, 3.8) is 0 Å². The van der Waals surface area contributed by atoms with Gasteiger partial charge in [-0.15, -0.1) is 22.9 Å². The summed E-state index contributed by atoms with van der Waals surface area (Å²) in [5, 5.41) is 3.08. The van der Waals surface area contributed by atoms with Gasteiger partial charge in [-0.05, 0) is 19.9 Å². The van der Waals surface area contributed by atoms with E-state index in [1.807, 2.05) is 25.3 Å². The van der Waals surface area contributed by atoms with Crippen molar-refractivity contribution in [1.82, 2.24) is 4.98 Å². The Labute approximate surface area is 75.7 Å². The number of thiazole rings is 1. The quantitative estimate of drug-likeness (QED) is 0.649. The molecule has 60 valence electrons. The highest BCUT2D eigenvalue weighted by Crippen LogP contribution is 2.13. The number of nitrogens with zero attached hydrogens (tertiary/aromatic N) is 1. The molecular weight excluding hydrogens is 178 g/mol. The van der Waals surface area contributed by atoms with Gasteiger partial charge in [0.1, 0.15) is 5.01 Å². The highest BCUT2D eigenvalue weighted by atomic mass is 35.5. The first-order valence-corrected chi connectivity index (χ1v) is 4.79. The molecule has 0 bridgehead atoms. The van der Waals surface area contributed by atoms with Crippen LogP contribution in [0.25, 0.3) is 6.08 Å². The molecular formula is C8H10ClNS. The minimum Gasteiger partial charge on any atom is -0.242 e. The summed E-state index contributed by atoms with van der Waals surface area (Å²) < 4.78 is 0. The van der Waals surface area contributed by atoms with Crippen molar-refractivity contribution in [3.8, 4) is 0 Å². The van der Waals surface area contributed by atoms with Gasteiger partial charge >= 0.3 is 0 Å². The minimum atomic E-state index is 0.582. The molecule has 0 spiro atoms. The Kier molecular flexibility index (Phi) is 3.09. The molecule has 0 atom stereocenters. The lowest BCUT2D eigenvalue weighted by atomic mass is 10.3. The van der Waals surface area contributed by atoms with Crippen LogP contribution in [0.3, 0.4) is 0 Å². The second-order valence-electron chi connectivity index (χ2n) is 2.45. The molecule has 0 radical (unpaired) electrons. The third kappa shape index (κ3) is 2.64. The van der Waals surface area contributed by atoms with Crippen molar-refractivity contribution in [3.05, 3.63) is 21.7 Å². The summed E-state index contributed by atoms with van der Waals surface area (Å²) in [6.07, 6.45) is 2.02. The number of halogens is 1. The summed E-state index contributed by atoms with van der Waals surface area (Å²) in [4.78, 5) is 4.28. The van der Waals surface area contributed by atoms with E-state index in [1.54, 1.807) is 11.3 Å². The van der Waals surface area contributed by atoms with Gasteiger partial charge in [-0.2, -0.15) is 0 Å². The van der Waals surface area contributed by atoms with E-state index in [9.17, 15) is 0 Å². The van der Waals surface area contributed by atoms with E-state index < -0.39 is 0 Å². The van der Waals surface area contributed by atoms with Crippen LogP contribution in [0.2, 0.25) is 0 Å². The van der Waals surface area contributed by atoms with Crippen LogP contribution in [0.5, 0.6) is 0 Å². The van der Waals surface area contributed by atoms with Crippen LogP contribution in [0.15, 0.2) is 11.0 Å². The van der Waals surface area contributed by atoms with Gasteiger partial charge in [0, 0.05) is 17.0 Å². The maximum atomic E-state index is 5.62. The number of aromatic nitrogens is 1. The first-order valence-electron chi connectivity index (χ1n) is 3.37. The molecule has 0 aliphatic heterocycles. The molecule has 11 heavy (non-hydrogen) atoms. The summed E-state index contributed by atoms with van der Waals surface area (Å²) in [6.45, 7) is 3.99. The van der Waals surface area contributed by atoms with Gasteiger partial charge in [-0.3, -0.25) is 0 Å². The molecule has 3 heteroatoms. The number of hydrogen-bond acceptors (Lipinski definition) is 2. The van der Waals surface area contributed by atoms with E-state index in [4.69, 9.17) is 11.6 Å². The average Bonchev–Trinajstić information content (AvgIpc) is 2.35. The topological polar surface area (TPSA) is 12.9 Å². The molecule has 0 aliphatic rings. The van der Waals surface area contributed by atoms with Crippen LogP contribution in [-0.4, -0.2) is 10.9 Å². The van der Waals surface area contributed by atoms with Gasteiger partial charge in [0.15, 0.2) is 0 Å². The van der Waals surface area contributed by atoms with Crippen molar-refractivity contribution in [1.29, 1.82) is 0 Å². The van der Waals surface area contributed by atoms with Gasteiger partial charge in [0.05, 0.1) is 0 Å².